The summed E-state index contributed by atoms with van der Waals surface area (Å²) in [6.45, 7) is 7.10. The third kappa shape index (κ3) is 7.83. The first kappa shape index (κ1) is 29.4. The van der Waals surface area contributed by atoms with E-state index >= 15 is 0 Å². The number of rotatable bonds is 5. The van der Waals surface area contributed by atoms with Gasteiger partial charge in [-0.05, 0) is 56.9 Å². The summed E-state index contributed by atoms with van der Waals surface area (Å²) in [4.78, 5) is 30.1. The van der Waals surface area contributed by atoms with Gasteiger partial charge in [0.25, 0.3) is 0 Å². The van der Waals surface area contributed by atoms with Gasteiger partial charge in [-0.2, -0.15) is 0 Å². The summed E-state index contributed by atoms with van der Waals surface area (Å²) in [5, 5.41) is 0. The molecule has 1 saturated heterocycles. The Morgan fingerprint density at radius 3 is 2.34 bits per heavy atom. The Morgan fingerprint density at radius 2 is 1.77 bits per heavy atom. The SMILES string of the molecule is CC.CCl.COC(=O)N1CCCC(c2[nH]c(=O)sc2C)C1COC1CCC(c2ccccc2)CC1. The Morgan fingerprint density at radius 1 is 1.11 bits per heavy atom. The maximum atomic E-state index is 12.5. The van der Waals surface area contributed by atoms with Gasteiger partial charge in [0.1, 0.15) is 0 Å². The van der Waals surface area contributed by atoms with Crippen LogP contribution < -0.4 is 4.87 Å². The molecule has 1 aromatic carbocycles. The number of carbonyl (C=O) groups excluding carboxylic acids is 1. The minimum Gasteiger partial charge on any atom is -0.453 e. The molecule has 2 atom stereocenters. The lowest BCUT2D eigenvalue weighted by Gasteiger charge is -2.41. The summed E-state index contributed by atoms with van der Waals surface area (Å²) in [5.41, 5.74) is 2.37. The van der Waals surface area contributed by atoms with Gasteiger partial charge in [0.15, 0.2) is 0 Å². The molecule has 6 nitrogen and oxygen atoms in total. The van der Waals surface area contributed by atoms with E-state index in [2.05, 4.69) is 46.9 Å². The van der Waals surface area contributed by atoms with Gasteiger partial charge in [0.2, 0.25) is 0 Å². The van der Waals surface area contributed by atoms with Gasteiger partial charge in [0.05, 0.1) is 25.9 Å². The smallest absolute Gasteiger partial charge is 0.409 e. The molecule has 1 aliphatic heterocycles. The van der Waals surface area contributed by atoms with Gasteiger partial charge in [0, 0.05) is 29.4 Å². The largest absolute Gasteiger partial charge is 0.453 e. The van der Waals surface area contributed by atoms with Crippen molar-refractivity contribution >= 4 is 29.0 Å². The Kier molecular flexibility index (Phi) is 12.9. The molecule has 196 valence electrons. The molecule has 2 fully saturated rings. The van der Waals surface area contributed by atoms with Crippen molar-refractivity contribution in [3.63, 3.8) is 0 Å². The molecule has 4 rings (SSSR count). The van der Waals surface area contributed by atoms with Gasteiger partial charge in [-0.15, -0.1) is 11.6 Å². The van der Waals surface area contributed by atoms with Crippen molar-refractivity contribution in [2.45, 2.75) is 83.3 Å². The van der Waals surface area contributed by atoms with E-state index in [0.29, 0.717) is 19.1 Å². The fraction of sp³-hybridized carbons (Fsp3) is 0.630. The molecule has 2 unspecified atom stereocenters. The quantitative estimate of drug-likeness (QED) is 0.442. The average molecular weight is 525 g/mol. The van der Waals surface area contributed by atoms with Crippen LogP contribution in [0.2, 0.25) is 0 Å². The zero-order valence-electron chi connectivity index (χ0n) is 21.7. The second-order valence-corrected chi connectivity index (χ2v) is 9.87. The third-order valence-corrected chi connectivity index (χ3v) is 7.68. The number of piperidine rings is 1. The molecule has 2 aromatic rings. The monoisotopic (exact) mass is 524 g/mol. The minimum absolute atomic E-state index is 0.0402. The molecule has 1 aliphatic carbocycles. The number of thiazole rings is 1. The molecule has 0 radical (unpaired) electrons. The van der Waals surface area contributed by atoms with Crippen LogP contribution in [0.1, 0.15) is 80.3 Å². The second-order valence-electron chi connectivity index (χ2n) is 8.68. The number of methoxy groups -OCH3 is 1. The van der Waals surface area contributed by atoms with Crippen LogP contribution in [-0.4, -0.2) is 54.8 Å². The molecule has 1 saturated carbocycles. The zero-order chi connectivity index (χ0) is 25.8. The molecule has 2 heterocycles. The normalized spacial score (nSPS) is 23.9. The van der Waals surface area contributed by atoms with Crippen LogP contribution in [0.5, 0.6) is 0 Å². The number of aromatic amines is 1. The van der Waals surface area contributed by atoms with E-state index in [1.807, 2.05) is 20.8 Å². The highest BCUT2D eigenvalue weighted by atomic mass is 35.5. The molecule has 35 heavy (non-hydrogen) atoms. The summed E-state index contributed by atoms with van der Waals surface area (Å²) >= 11 is 5.88. The maximum Gasteiger partial charge on any atom is 0.409 e. The number of aryl methyl sites for hydroxylation is 1. The average Bonchev–Trinajstić information content (AvgIpc) is 3.27. The highest BCUT2D eigenvalue weighted by Gasteiger charge is 2.38. The van der Waals surface area contributed by atoms with E-state index in [1.165, 1.54) is 30.4 Å². The molecular weight excluding hydrogens is 484 g/mol. The first-order chi connectivity index (χ1) is 17.1. The van der Waals surface area contributed by atoms with Crippen molar-refractivity contribution < 1.29 is 14.3 Å². The Balaban J connectivity index is 0.00000103. The first-order valence-electron chi connectivity index (χ1n) is 12.7. The molecule has 1 aromatic heterocycles. The van der Waals surface area contributed by atoms with Crippen LogP contribution in [-0.2, 0) is 9.47 Å². The van der Waals surface area contributed by atoms with E-state index in [1.54, 1.807) is 4.90 Å². The van der Waals surface area contributed by atoms with E-state index in [0.717, 1.165) is 49.1 Å². The number of amides is 1. The summed E-state index contributed by atoms with van der Waals surface area (Å²) < 4.78 is 11.4. The van der Waals surface area contributed by atoms with Crippen molar-refractivity contribution in [3.8, 4) is 0 Å². The number of nitrogens with one attached hydrogen (secondary N) is 1. The van der Waals surface area contributed by atoms with Gasteiger partial charge < -0.3 is 19.4 Å². The van der Waals surface area contributed by atoms with E-state index in [4.69, 9.17) is 9.47 Å². The second kappa shape index (κ2) is 15.3. The van der Waals surface area contributed by atoms with E-state index in [-0.39, 0.29) is 29.0 Å². The highest BCUT2D eigenvalue weighted by molar-refractivity contribution is 7.09. The molecule has 1 N–H and O–H groups in total. The number of aromatic nitrogens is 1. The molecule has 8 heteroatoms. The lowest BCUT2D eigenvalue weighted by Crippen LogP contribution is -2.50. The molecule has 0 bridgehead atoms. The molecule has 0 spiro atoms. The third-order valence-electron chi connectivity index (χ3n) is 6.87. The number of ether oxygens (including phenoxy) is 2. The number of carbonyl (C=O) groups is 1. The van der Waals surface area contributed by atoms with Gasteiger partial charge >= 0.3 is 11.0 Å². The van der Waals surface area contributed by atoms with Gasteiger partial charge in [-0.25, -0.2) is 4.79 Å². The van der Waals surface area contributed by atoms with Gasteiger partial charge in [-0.3, -0.25) is 4.79 Å². The Labute approximate surface area is 219 Å². The number of hydrogen-bond donors (Lipinski definition) is 1. The van der Waals surface area contributed by atoms with E-state index < -0.39 is 0 Å². The van der Waals surface area contributed by atoms with Crippen molar-refractivity contribution in [3.05, 3.63) is 56.1 Å². The molecule has 1 amide bonds. The summed E-state index contributed by atoms with van der Waals surface area (Å²) in [5.74, 6) is 0.668. The molecular formula is C27H41ClN2O4S. The topological polar surface area (TPSA) is 71.6 Å². The number of likely N-dealkylation sites (tertiary alicyclic amines) is 1. The predicted molar refractivity (Wildman–Crippen MR) is 145 cm³/mol. The number of H-pyrrole nitrogens is 1. The zero-order valence-corrected chi connectivity index (χ0v) is 23.3. The lowest BCUT2D eigenvalue weighted by atomic mass is 9.82. The minimum atomic E-state index is -0.318. The van der Waals surface area contributed by atoms with Crippen LogP contribution in [0, 0.1) is 6.92 Å². The van der Waals surface area contributed by atoms with Crippen molar-refractivity contribution in [2.24, 2.45) is 0 Å². The van der Waals surface area contributed by atoms with Crippen LogP contribution in [0.4, 0.5) is 4.79 Å². The fourth-order valence-electron chi connectivity index (χ4n) is 5.24. The molecule has 2 aliphatic rings. The summed E-state index contributed by atoms with van der Waals surface area (Å²) in [6, 6.07) is 10.6. The summed E-state index contributed by atoms with van der Waals surface area (Å²) in [6.07, 6.45) is 7.49. The fourth-order valence-corrected chi connectivity index (χ4v) is 5.99. The van der Waals surface area contributed by atoms with E-state index in [9.17, 15) is 9.59 Å². The van der Waals surface area contributed by atoms with Crippen LogP contribution in [0.25, 0.3) is 0 Å². The maximum absolute atomic E-state index is 12.5. The predicted octanol–water partition coefficient (Wildman–Crippen LogP) is 6.68. The van der Waals surface area contributed by atoms with Crippen LogP contribution in [0.3, 0.4) is 0 Å². The first-order valence-corrected chi connectivity index (χ1v) is 14.2. The highest BCUT2D eigenvalue weighted by Crippen LogP contribution is 2.37. The number of halogens is 1. The standard InChI is InChI=1S/C24H32N2O4S.C2H6.CH3Cl/c1-16-22(25-23(27)31-16)20-9-6-14-26(24(28)29-2)21(20)15-30-19-12-10-18(11-13-19)17-7-4-3-5-8-17;2*1-2/h3-5,7-8,18-21H,6,9-15H2,1-2H3,(H,25,27);1-2H3;1H3. The van der Waals surface area contributed by atoms with Gasteiger partial charge in [-0.1, -0.05) is 55.5 Å². The number of alkyl halides is 1. The number of hydrogen-bond acceptors (Lipinski definition) is 5. The Bertz CT molecular complexity index is 925. The van der Waals surface area contributed by atoms with Crippen molar-refractivity contribution in [1.29, 1.82) is 0 Å². The van der Waals surface area contributed by atoms with Crippen molar-refractivity contribution in [1.82, 2.24) is 9.88 Å². The number of benzene rings is 1. The van der Waals surface area contributed by atoms with Crippen LogP contribution in [0.15, 0.2) is 35.1 Å². The van der Waals surface area contributed by atoms with Crippen LogP contribution >= 0.6 is 22.9 Å². The lowest BCUT2D eigenvalue weighted by molar-refractivity contribution is -0.0242. The number of nitrogens with zero attached hydrogens (tertiary/aromatic N) is 1. The van der Waals surface area contributed by atoms with Crippen molar-refractivity contribution in [2.75, 3.05) is 26.6 Å². The summed E-state index contributed by atoms with van der Waals surface area (Å²) in [7, 11) is 1.42. The Hall–Kier alpha value is -1.83.